The van der Waals surface area contributed by atoms with Crippen LogP contribution in [-0.4, -0.2) is 37.0 Å². The zero-order valence-corrected chi connectivity index (χ0v) is 11.1. The number of benzene rings is 1. The average molecular weight is 249 g/mol. The maximum Gasteiger partial charge on any atom is 0.328 e. The highest BCUT2D eigenvalue weighted by Crippen LogP contribution is 2.10. The van der Waals surface area contributed by atoms with E-state index in [2.05, 4.69) is 0 Å². The van der Waals surface area contributed by atoms with Crippen molar-refractivity contribution in [2.45, 2.75) is 25.8 Å². The maximum atomic E-state index is 11.8. The van der Waals surface area contributed by atoms with Gasteiger partial charge in [-0.05, 0) is 5.56 Å². The number of esters is 1. The molecule has 0 spiro atoms. The molecule has 0 aromatic heterocycles. The fourth-order valence-electron chi connectivity index (χ4n) is 1.77. The number of rotatable bonds is 5. The Hall–Kier alpha value is -1.84. The van der Waals surface area contributed by atoms with Gasteiger partial charge in [0.1, 0.15) is 6.04 Å². The summed E-state index contributed by atoms with van der Waals surface area (Å²) in [6.07, 6.45) is 0.842. The molecule has 1 amide bonds. The molecular weight excluding hydrogens is 230 g/mol. The quantitative estimate of drug-likeness (QED) is 0.745. The summed E-state index contributed by atoms with van der Waals surface area (Å²) >= 11 is 0. The Morgan fingerprint density at radius 3 is 2.39 bits per heavy atom. The van der Waals surface area contributed by atoms with Gasteiger partial charge in [-0.25, -0.2) is 4.79 Å². The van der Waals surface area contributed by atoms with Crippen LogP contribution in [-0.2, 0) is 20.7 Å². The van der Waals surface area contributed by atoms with Crippen molar-refractivity contribution in [1.82, 2.24) is 4.90 Å². The first-order chi connectivity index (χ1) is 8.60. The van der Waals surface area contributed by atoms with Crippen molar-refractivity contribution < 1.29 is 14.3 Å². The van der Waals surface area contributed by atoms with E-state index in [1.807, 2.05) is 30.3 Å². The lowest BCUT2D eigenvalue weighted by atomic mass is 10.0. The lowest BCUT2D eigenvalue weighted by molar-refractivity contribution is -0.151. The van der Waals surface area contributed by atoms with Gasteiger partial charge in [0.25, 0.3) is 0 Å². The van der Waals surface area contributed by atoms with Gasteiger partial charge in [-0.1, -0.05) is 37.3 Å². The van der Waals surface area contributed by atoms with Crippen LogP contribution in [0.5, 0.6) is 0 Å². The Morgan fingerprint density at radius 2 is 1.89 bits per heavy atom. The number of carbonyl (C=O) groups excluding carboxylic acids is 2. The molecule has 4 nitrogen and oxygen atoms in total. The van der Waals surface area contributed by atoms with Crippen molar-refractivity contribution >= 4 is 11.9 Å². The van der Waals surface area contributed by atoms with E-state index in [1.54, 1.807) is 14.0 Å². The van der Waals surface area contributed by atoms with E-state index in [1.165, 1.54) is 12.0 Å². The number of ether oxygens (including phenoxy) is 1. The molecule has 18 heavy (non-hydrogen) atoms. The summed E-state index contributed by atoms with van der Waals surface area (Å²) in [5, 5.41) is 0. The third-order valence-electron chi connectivity index (χ3n) is 2.91. The second-order valence-electron chi connectivity index (χ2n) is 4.09. The van der Waals surface area contributed by atoms with Gasteiger partial charge in [0.05, 0.1) is 7.11 Å². The third kappa shape index (κ3) is 3.58. The van der Waals surface area contributed by atoms with E-state index >= 15 is 0 Å². The van der Waals surface area contributed by atoms with Crippen molar-refractivity contribution in [2.24, 2.45) is 0 Å². The lowest BCUT2D eigenvalue weighted by Crippen LogP contribution is -2.44. The highest BCUT2D eigenvalue weighted by atomic mass is 16.5. The van der Waals surface area contributed by atoms with E-state index < -0.39 is 6.04 Å². The highest BCUT2D eigenvalue weighted by Gasteiger charge is 2.26. The second-order valence-corrected chi connectivity index (χ2v) is 4.09. The molecule has 0 fully saturated rings. The van der Waals surface area contributed by atoms with Crippen molar-refractivity contribution in [1.29, 1.82) is 0 Å². The lowest BCUT2D eigenvalue weighted by Gasteiger charge is -2.25. The molecule has 0 aliphatic carbocycles. The number of hydrogen-bond donors (Lipinski definition) is 0. The Morgan fingerprint density at radius 1 is 1.28 bits per heavy atom. The Bertz CT molecular complexity index is 403. The Kier molecular flexibility index (Phi) is 5.36. The summed E-state index contributed by atoms with van der Waals surface area (Å²) in [6.45, 7) is 1.77. The minimum Gasteiger partial charge on any atom is -0.467 e. The molecule has 0 saturated heterocycles. The molecule has 0 unspecified atom stereocenters. The van der Waals surface area contributed by atoms with Crippen LogP contribution in [0.4, 0.5) is 0 Å². The molecule has 1 aromatic rings. The molecule has 1 atom stereocenters. The molecule has 0 bridgehead atoms. The number of likely N-dealkylation sites (N-methyl/N-ethyl adjacent to an activating group) is 1. The fourth-order valence-corrected chi connectivity index (χ4v) is 1.77. The van der Waals surface area contributed by atoms with Crippen LogP contribution in [0.2, 0.25) is 0 Å². The van der Waals surface area contributed by atoms with Gasteiger partial charge in [0, 0.05) is 19.9 Å². The zero-order valence-electron chi connectivity index (χ0n) is 11.1. The van der Waals surface area contributed by atoms with E-state index in [-0.39, 0.29) is 11.9 Å². The van der Waals surface area contributed by atoms with Crippen LogP contribution in [0.3, 0.4) is 0 Å². The fraction of sp³-hybridized carbons (Fsp3) is 0.429. The predicted molar refractivity (Wildman–Crippen MR) is 69.0 cm³/mol. The van der Waals surface area contributed by atoms with E-state index in [0.29, 0.717) is 12.8 Å². The van der Waals surface area contributed by atoms with Crippen molar-refractivity contribution in [3.63, 3.8) is 0 Å². The standard InChI is InChI=1S/C14H19NO3/c1-4-13(16)15(2)12(14(17)18-3)10-11-8-6-5-7-9-11/h5-9,12H,4,10H2,1-3H3/t12-/m0/s1. The van der Waals surface area contributed by atoms with Crippen LogP contribution in [0.25, 0.3) is 0 Å². The van der Waals surface area contributed by atoms with Crippen LogP contribution in [0, 0.1) is 0 Å². The molecule has 0 radical (unpaired) electrons. The highest BCUT2D eigenvalue weighted by molar-refractivity contribution is 5.84. The van der Waals surface area contributed by atoms with Crippen LogP contribution >= 0.6 is 0 Å². The van der Waals surface area contributed by atoms with Crippen LogP contribution in [0.1, 0.15) is 18.9 Å². The van der Waals surface area contributed by atoms with E-state index in [9.17, 15) is 9.59 Å². The van der Waals surface area contributed by atoms with Gasteiger partial charge < -0.3 is 9.64 Å². The molecule has 4 heteroatoms. The summed E-state index contributed by atoms with van der Waals surface area (Å²) in [5.74, 6) is -0.454. The van der Waals surface area contributed by atoms with E-state index in [0.717, 1.165) is 5.56 Å². The summed E-state index contributed by atoms with van der Waals surface area (Å²) in [6, 6.07) is 9.03. The van der Waals surface area contributed by atoms with Gasteiger partial charge in [-0.2, -0.15) is 0 Å². The first kappa shape index (κ1) is 14.2. The molecule has 1 rings (SSSR count). The number of methoxy groups -OCH3 is 1. The van der Waals surface area contributed by atoms with E-state index in [4.69, 9.17) is 4.74 Å². The smallest absolute Gasteiger partial charge is 0.328 e. The summed E-state index contributed by atoms with van der Waals surface area (Å²) < 4.78 is 4.77. The molecule has 0 aliphatic rings. The van der Waals surface area contributed by atoms with Gasteiger partial charge in [0.15, 0.2) is 0 Å². The largest absolute Gasteiger partial charge is 0.467 e. The number of amides is 1. The normalized spacial score (nSPS) is 11.7. The monoisotopic (exact) mass is 249 g/mol. The van der Waals surface area contributed by atoms with Gasteiger partial charge in [-0.15, -0.1) is 0 Å². The molecular formula is C14H19NO3. The molecule has 0 heterocycles. The van der Waals surface area contributed by atoms with Crippen molar-refractivity contribution in [2.75, 3.05) is 14.2 Å². The Balaban J connectivity index is 2.86. The topological polar surface area (TPSA) is 46.6 Å². The minimum atomic E-state index is -0.565. The molecule has 0 N–H and O–H groups in total. The first-order valence-electron chi connectivity index (χ1n) is 5.97. The molecule has 98 valence electrons. The van der Waals surface area contributed by atoms with Crippen molar-refractivity contribution in [3.05, 3.63) is 35.9 Å². The zero-order chi connectivity index (χ0) is 13.5. The van der Waals surface area contributed by atoms with Crippen LogP contribution < -0.4 is 0 Å². The number of hydrogen-bond acceptors (Lipinski definition) is 3. The summed E-state index contributed by atoms with van der Waals surface area (Å²) in [4.78, 5) is 24.9. The van der Waals surface area contributed by atoms with Gasteiger partial charge >= 0.3 is 5.97 Å². The summed E-state index contributed by atoms with van der Waals surface area (Å²) in [7, 11) is 2.97. The first-order valence-corrected chi connectivity index (χ1v) is 5.97. The molecule has 1 aromatic carbocycles. The Labute approximate surface area is 108 Å². The molecule has 0 aliphatic heterocycles. The SMILES string of the molecule is CCC(=O)N(C)[C@@H](Cc1ccccc1)C(=O)OC. The average Bonchev–Trinajstić information content (AvgIpc) is 2.43. The number of carbonyl (C=O) groups is 2. The minimum absolute atomic E-state index is 0.0682. The molecule has 0 saturated carbocycles. The van der Waals surface area contributed by atoms with Crippen LogP contribution in [0.15, 0.2) is 30.3 Å². The maximum absolute atomic E-state index is 11.8. The summed E-state index contributed by atoms with van der Waals surface area (Å²) in [5.41, 5.74) is 1.00. The van der Waals surface area contributed by atoms with Crippen molar-refractivity contribution in [3.8, 4) is 0 Å². The van der Waals surface area contributed by atoms with Gasteiger partial charge in [-0.3, -0.25) is 4.79 Å². The third-order valence-corrected chi connectivity index (χ3v) is 2.91. The predicted octanol–water partition coefficient (Wildman–Crippen LogP) is 1.64. The second kappa shape index (κ2) is 6.79. The number of nitrogens with zero attached hydrogens (tertiary/aromatic N) is 1. The van der Waals surface area contributed by atoms with Gasteiger partial charge in [0.2, 0.25) is 5.91 Å².